The molecule has 1 aliphatic rings. The summed E-state index contributed by atoms with van der Waals surface area (Å²) in [5.41, 5.74) is 24.8. The molecule has 0 aromatic rings. The number of hydrogen-bond acceptors (Lipinski definition) is 4. The van der Waals surface area contributed by atoms with Crippen LogP contribution in [0.5, 0.6) is 0 Å². The normalized spacial score (nSPS) is 26.0. The van der Waals surface area contributed by atoms with E-state index in [1.54, 1.807) is 0 Å². The Balaban J connectivity index is 2.73. The van der Waals surface area contributed by atoms with E-state index in [9.17, 15) is 4.79 Å². The van der Waals surface area contributed by atoms with Crippen LogP contribution in [0.4, 0.5) is 0 Å². The number of carbonyl (C=O) groups is 1. The Hall–Kier alpha value is -2.53. The van der Waals surface area contributed by atoms with Crippen LogP contribution in [-0.4, -0.2) is 35.2 Å². The maximum Gasteiger partial charge on any atom is 0.413 e. The molecule has 88 valence electrons. The van der Waals surface area contributed by atoms with Crippen LogP contribution < -0.4 is 0 Å². The lowest BCUT2D eigenvalue weighted by atomic mass is 10.2. The third kappa shape index (κ3) is 3.51. The van der Waals surface area contributed by atoms with Gasteiger partial charge in [-0.2, -0.15) is 4.79 Å². The molecule has 0 aromatic carbocycles. The number of hydrogen-bond donors (Lipinski definition) is 0. The van der Waals surface area contributed by atoms with E-state index >= 15 is 0 Å². The third-order valence-corrected chi connectivity index (χ3v) is 2.29. The van der Waals surface area contributed by atoms with Crippen LogP contribution >= 0.6 is 0 Å². The zero-order valence-corrected chi connectivity index (χ0v) is 8.62. The summed E-state index contributed by atoms with van der Waals surface area (Å²) in [6.45, 7) is 0. The first-order chi connectivity index (χ1) is 8.21. The van der Waals surface area contributed by atoms with Gasteiger partial charge in [0.2, 0.25) is 0 Å². The highest BCUT2D eigenvalue weighted by molar-refractivity contribution is 6.20. The van der Waals surface area contributed by atoms with Gasteiger partial charge in [-0.15, -0.1) is 0 Å². The second kappa shape index (κ2) is 6.14. The molecule has 0 spiro atoms. The standard InChI is InChI=1S/C7H8N8O2/c8-11-3-7(16)17-6-2-4(12-14-9)1-5(6)13-15-10/h3-6H,1-2H2/t4-,5+,6+/m0/s1. The second-order valence-electron chi connectivity index (χ2n) is 3.32. The lowest BCUT2D eigenvalue weighted by Crippen LogP contribution is -2.25. The Labute approximate surface area is 95.0 Å². The van der Waals surface area contributed by atoms with E-state index in [0.717, 1.165) is 0 Å². The minimum atomic E-state index is -0.850. The number of esters is 1. The van der Waals surface area contributed by atoms with Gasteiger partial charge in [0.25, 0.3) is 0 Å². The zero-order chi connectivity index (χ0) is 12.7. The molecule has 17 heavy (non-hydrogen) atoms. The summed E-state index contributed by atoms with van der Waals surface area (Å²) in [6, 6.07) is -0.953. The van der Waals surface area contributed by atoms with E-state index in [4.69, 9.17) is 21.3 Å². The second-order valence-corrected chi connectivity index (χ2v) is 3.32. The van der Waals surface area contributed by atoms with Gasteiger partial charge in [0.05, 0.1) is 6.04 Å². The van der Waals surface area contributed by atoms with Crippen molar-refractivity contribution < 1.29 is 14.3 Å². The van der Waals surface area contributed by atoms with Crippen LogP contribution in [-0.2, 0) is 9.53 Å². The highest BCUT2D eigenvalue weighted by atomic mass is 16.5. The topological polar surface area (TPSA) is 160 Å². The average Bonchev–Trinajstić information content (AvgIpc) is 2.62. The predicted molar refractivity (Wildman–Crippen MR) is 54.7 cm³/mol. The van der Waals surface area contributed by atoms with E-state index in [2.05, 4.69) is 24.8 Å². The van der Waals surface area contributed by atoms with E-state index < -0.39 is 18.1 Å². The Morgan fingerprint density at radius 3 is 2.53 bits per heavy atom. The Bertz CT molecular complexity index is 443. The molecular formula is C7H8N8O2. The van der Waals surface area contributed by atoms with Crippen LogP contribution in [0, 0.1) is 0 Å². The van der Waals surface area contributed by atoms with Crippen molar-refractivity contribution in [2.24, 2.45) is 10.2 Å². The van der Waals surface area contributed by atoms with Crippen molar-refractivity contribution >= 4 is 12.2 Å². The molecule has 0 saturated heterocycles. The maximum atomic E-state index is 11.0. The average molecular weight is 236 g/mol. The largest absolute Gasteiger partial charge is 0.454 e. The van der Waals surface area contributed by atoms with Crippen molar-refractivity contribution in [2.75, 3.05) is 0 Å². The Kier molecular flexibility index (Phi) is 4.53. The van der Waals surface area contributed by atoms with Crippen molar-refractivity contribution in [3.05, 3.63) is 26.4 Å². The van der Waals surface area contributed by atoms with Gasteiger partial charge in [0.1, 0.15) is 6.10 Å². The Morgan fingerprint density at radius 2 is 1.94 bits per heavy atom. The molecule has 3 atom stereocenters. The Morgan fingerprint density at radius 1 is 1.24 bits per heavy atom. The van der Waals surface area contributed by atoms with Crippen molar-refractivity contribution in [1.82, 2.24) is 0 Å². The molecular weight excluding hydrogens is 228 g/mol. The SMILES string of the molecule is [N-]=[N+]=CC(=O)O[C@@H]1C[C@@H](N=[N+]=[N-])C[C@H]1N=[N+]=[N-]. The van der Waals surface area contributed by atoms with Crippen molar-refractivity contribution in [3.63, 3.8) is 0 Å². The number of nitrogens with zero attached hydrogens (tertiary/aromatic N) is 8. The highest BCUT2D eigenvalue weighted by Crippen LogP contribution is 2.28. The fourth-order valence-electron chi connectivity index (χ4n) is 1.66. The molecule has 10 nitrogen and oxygen atoms in total. The summed E-state index contributed by atoms with van der Waals surface area (Å²) in [7, 11) is 0. The molecule has 0 radical (unpaired) electrons. The summed E-state index contributed by atoms with van der Waals surface area (Å²) in [4.78, 5) is 18.8. The minimum Gasteiger partial charge on any atom is -0.454 e. The minimum absolute atomic E-state index is 0.277. The van der Waals surface area contributed by atoms with E-state index in [-0.39, 0.29) is 12.5 Å². The molecule has 0 aliphatic heterocycles. The molecule has 0 heterocycles. The molecule has 0 aromatic heterocycles. The van der Waals surface area contributed by atoms with Crippen LogP contribution in [0.2, 0.25) is 0 Å². The first-order valence-electron chi connectivity index (χ1n) is 4.67. The van der Waals surface area contributed by atoms with Gasteiger partial charge in [-0.3, -0.25) is 0 Å². The molecule has 1 saturated carbocycles. The lowest BCUT2D eigenvalue weighted by molar-refractivity contribution is -0.144. The highest BCUT2D eigenvalue weighted by Gasteiger charge is 2.36. The number of azide groups is 2. The van der Waals surface area contributed by atoms with Gasteiger partial charge < -0.3 is 10.3 Å². The number of ether oxygens (including phenoxy) is 1. The maximum absolute atomic E-state index is 11.0. The smallest absolute Gasteiger partial charge is 0.413 e. The molecule has 0 N–H and O–H groups in total. The van der Waals surface area contributed by atoms with Crippen molar-refractivity contribution in [3.8, 4) is 0 Å². The summed E-state index contributed by atoms with van der Waals surface area (Å²) >= 11 is 0. The van der Waals surface area contributed by atoms with E-state index in [1.807, 2.05) is 0 Å². The van der Waals surface area contributed by atoms with Gasteiger partial charge in [-0.1, -0.05) is 10.2 Å². The van der Waals surface area contributed by atoms with Crippen LogP contribution in [0.25, 0.3) is 26.4 Å². The van der Waals surface area contributed by atoms with Gasteiger partial charge in [0, 0.05) is 15.9 Å². The van der Waals surface area contributed by atoms with Gasteiger partial charge in [-0.05, 0) is 23.9 Å². The third-order valence-electron chi connectivity index (χ3n) is 2.29. The van der Waals surface area contributed by atoms with Gasteiger partial charge >= 0.3 is 12.2 Å². The predicted octanol–water partition coefficient (Wildman–Crippen LogP) is 1.35. The molecule has 1 aliphatic carbocycles. The summed E-state index contributed by atoms with van der Waals surface area (Å²) in [5, 5.41) is 6.95. The molecule has 1 rings (SSSR count). The van der Waals surface area contributed by atoms with Gasteiger partial charge in [0.15, 0.2) is 0 Å². The molecule has 0 unspecified atom stereocenters. The van der Waals surface area contributed by atoms with E-state index in [0.29, 0.717) is 12.6 Å². The summed E-state index contributed by atoms with van der Waals surface area (Å²) in [6.07, 6.45) is 0.515. The van der Waals surface area contributed by atoms with Crippen molar-refractivity contribution in [1.29, 1.82) is 0 Å². The molecule has 0 bridgehead atoms. The summed E-state index contributed by atoms with van der Waals surface area (Å²) in [5.74, 6) is -0.850. The fraction of sp³-hybridized carbons (Fsp3) is 0.714. The summed E-state index contributed by atoms with van der Waals surface area (Å²) < 4.78 is 4.90. The number of carbonyl (C=O) groups excluding carboxylic acids is 1. The van der Waals surface area contributed by atoms with Crippen molar-refractivity contribution in [2.45, 2.75) is 31.0 Å². The van der Waals surface area contributed by atoms with Crippen LogP contribution in [0.1, 0.15) is 12.8 Å². The van der Waals surface area contributed by atoms with Crippen LogP contribution in [0.3, 0.4) is 0 Å². The quantitative estimate of drug-likeness (QED) is 0.237. The van der Waals surface area contributed by atoms with E-state index in [1.165, 1.54) is 0 Å². The fourth-order valence-corrected chi connectivity index (χ4v) is 1.66. The van der Waals surface area contributed by atoms with Gasteiger partial charge in [-0.25, -0.2) is 4.79 Å². The lowest BCUT2D eigenvalue weighted by Gasteiger charge is -2.12. The zero-order valence-electron chi connectivity index (χ0n) is 8.62. The molecule has 0 amide bonds. The monoisotopic (exact) mass is 236 g/mol. The molecule has 10 heteroatoms. The first kappa shape index (κ1) is 12.5. The number of rotatable bonds is 4. The van der Waals surface area contributed by atoms with Crippen LogP contribution in [0.15, 0.2) is 10.2 Å². The first-order valence-corrected chi connectivity index (χ1v) is 4.67. The molecule has 1 fully saturated rings.